The Kier molecular flexibility index (Phi) is 4.47. The molecule has 0 bridgehead atoms. The zero-order valence-corrected chi connectivity index (χ0v) is 11.0. The van der Waals surface area contributed by atoms with E-state index < -0.39 is 23.2 Å². The highest BCUT2D eigenvalue weighted by atomic mass is 19.1. The first kappa shape index (κ1) is 14.9. The molecule has 0 aliphatic carbocycles. The van der Waals surface area contributed by atoms with Crippen molar-refractivity contribution in [3.8, 4) is 0 Å². The maximum atomic E-state index is 13.5. The van der Waals surface area contributed by atoms with Crippen LogP contribution in [0.1, 0.15) is 19.4 Å². The van der Waals surface area contributed by atoms with Crippen molar-refractivity contribution in [2.24, 2.45) is 0 Å². The lowest BCUT2D eigenvalue weighted by molar-refractivity contribution is -0.162. The SMILES string of the molecule is CCOC(=O)C(C)(C(=O)OC)c1ccc(N)c(F)c1. The predicted molar refractivity (Wildman–Crippen MR) is 66.8 cm³/mol. The molecule has 5 nitrogen and oxygen atoms in total. The van der Waals surface area contributed by atoms with E-state index in [1.165, 1.54) is 19.1 Å². The molecule has 1 rings (SSSR count). The average Bonchev–Trinajstić information content (AvgIpc) is 2.40. The molecule has 0 saturated carbocycles. The van der Waals surface area contributed by atoms with Crippen molar-refractivity contribution in [1.82, 2.24) is 0 Å². The molecule has 0 aromatic heterocycles. The Morgan fingerprint density at radius 2 is 2.00 bits per heavy atom. The number of methoxy groups -OCH3 is 1. The van der Waals surface area contributed by atoms with E-state index in [9.17, 15) is 14.0 Å². The molecule has 6 heteroatoms. The summed E-state index contributed by atoms with van der Waals surface area (Å²) >= 11 is 0. The van der Waals surface area contributed by atoms with Crippen LogP contribution < -0.4 is 5.73 Å². The van der Waals surface area contributed by atoms with Crippen molar-refractivity contribution < 1.29 is 23.5 Å². The molecule has 0 aliphatic heterocycles. The molecule has 1 unspecified atom stereocenters. The molecule has 0 amide bonds. The first-order valence-electron chi connectivity index (χ1n) is 5.69. The molecule has 19 heavy (non-hydrogen) atoms. The first-order chi connectivity index (χ1) is 8.87. The van der Waals surface area contributed by atoms with Gasteiger partial charge in [-0.3, -0.25) is 9.59 Å². The lowest BCUT2D eigenvalue weighted by Gasteiger charge is -2.25. The Morgan fingerprint density at radius 1 is 1.37 bits per heavy atom. The molecule has 0 heterocycles. The number of halogens is 1. The number of hydrogen-bond acceptors (Lipinski definition) is 5. The second kappa shape index (κ2) is 5.69. The van der Waals surface area contributed by atoms with Crippen LogP contribution in [0.4, 0.5) is 10.1 Å². The van der Waals surface area contributed by atoms with Gasteiger partial charge in [0.15, 0.2) is 5.41 Å². The monoisotopic (exact) mass is 269 g/mol. The molecule has 0 saturated heterocycles. The minimum atomic E-state index is -1.72. The van der Waals surface area contributed by atoms with Crippen LogP contribution in [-0.4, -0.2) is 25.7 Å². The number of anilines is 1. The van der Waals surface area contributed by atoms with Crippen molar-refractivity contribution in [3.63, 3.8) is 0 Å². The third kappa shape index (κ3) is 2.67. The van der Waals surface area contributed by atoms with E-state index in [-0.39, 0.29) is 17.9 Å². The number of carbonyl (C=O) groups excluding carboxylic acids is 2. The molecule has 1 aromatic carbocycles. The number of rotatable bonds is 4. The molecule has 0 radical (unpaired) electrons. The van der Waals surface area contributed by atoms with Crippen molar-refractivity contribution in [2.45, 2.75) is 19.3 Å². The highest BCUT2D eigenvalue weighted by Crippen LogP contribution is 2.29. The summed E-state index contributed by atoms with van der Waals surface area (Å²) in [5.74, 6) is -2.34. The lowest BCUT2D eigenvalue weighted by Crippen LogP contribution is -2.43. The van der Waals surface area contributed by atoms with Crippen LogP contribution in [-0.2, 0) is 24.5 Å². The third-order valence-electron chi connectivity index (χ3n) is 2.86. The van der Waals surface area contributed by atoms with Crippen LogP contribution >= 0.6 is 0 Å². The molecular weight excluding hydrogens is 253 g/mol. The molecule has 0 aliphatic rings. The number of benzene rings is 1. The zero-order valence-electron chi connectivity index (χ0n) is 11.0. The van der Waals surface area contributed by atoms with Gasteiger partial charge in [0.05, 0.1) is 19.4 Å². The Balaban J connectivity index is 3.34. The number of nitrogens with two attached hydrogens (primary N) is 1. The summed E-state index contributed by atoms with van der Waals surface area (Å²) in [7, 11) is 1.15. The molecule has 1 aromatic rings. The van der Waals surface area contributed by atoms with Crippen molar-refractivity contribution in [3.05, 3.63) is 29.6 Å². The van der Waals surface area contributed by atoms with Gasteiger partial charge in [-0.25, -0.2) is 4.39 Å². The Bertz CT molecular complexity index is 503. The summed E-state index contributed by atoms with van der Waals surface area (Å²) in [6.07, 6.45) is 0. The summed E-state index contributed by atoms with van der Waals surface area (Å²) in [6, 6.07) is 3.71. The van der Waals surface area contributed by atoms with Gasteiger partial charge in [-0.05, 0) is 31.5 Å². The fourth-order valence-electron chi connectivity index (χ4n) is 1.64. The second-order valence-electron chi connectivity index (χ2n) is 4.07. The topological polar surface area (TPSA) is 78.6 Å². The van der Waals surface area contributed by atoms with E-state index in [1.54, 1.807) is 6.92 Å². The average molecular weight is 269 g/mol. The van der Waals surface area contributed by atoms with Crippen LogP contribution in [0.25, 0.3) is 0 Å². The Morgan fingerprint density at radius 3 is 2.47 bits per heavy atom. The fraction of sp³-hybridized carbons (Fsp3) is 0.385. The van der Waals surface area contributed by atoms with E-state index >= 15 is 0 Å². The molecule has 1 atom stereocenters. The quantitative estimate of drug-likeness (QED) is 0.508. The van der Waals surface area contributed by atoms with E-state index in [0.29, 0.717) is 0 Å². The van der Waals surface area contributed by atoms with Crippen LogP contribution in [0.5, 0.6) is 0 Å². The minimum Gasteiger partial charge on any atom is -0.468 e. The van der Waals surface area contributed by atoms with Gasteiger partial charge in [0, 0.05) is 0 Å². The molecule has 104 valence electrons. The van der Waals surface area contributed by atoms with E-state index in [0.717, 1.165) is 13.2 Å². The van der Waals surface area contributed by atoms with Gasteiger partial charge < -0.3 is 15.2 Å². The predicted octanol–water partition coefficient (Wildman–Crippen LogP) is 1.40. The van der Waals surface area contributed by atoms with Crippen molar-refractivity contribution in [2.75, 3.05) is 19.5 Å². The summed E-state index contributed by atoms with van der Waals surface area (Å²) in [5.41, 5.74) is 3.70. The largest absolute Gasteiger partial charge is 0.468 e. The second-order valence-corrected chi connectivity index (χ2v) is 4.07. The summed E-state index contributed by atoms with van der Waals surface area (Å²) in [5, 5.41) is 0. The van der Waals surface area contributed by atoms with Crippen LogP contribution in [0.2, 0.25) is 0 Å². The van der Waals surface area contributed by atoms with E-state index in [4.69, 9.17) is 10.5 Å². The van der Waals surface area contributed by atoms with Gasteiger partial charge in [-0.1, -0.05) is 6.07 Å². The Hall–Kier alpha value is -2.11. The smallest absolute Gasteiger partial charge is 0.327 e. The maximum absolute atomic E-state index is 13.5. The van der Waals surface area contributed by atoms with E-state index in [2.05, 4.69) is 4.74 Å². The van der Waals surface area contributed by atoms with Gasteiger partial charge in [-0.15, -0.1) is 0 Å². The highest BCUT2D eigenvalue weighted by molar-refractivity contribution is 6.05. The summed E-state index contributed by atoms with van der Waals surface area (Å²) in [4.78, 5) is 23.9. The number of hydrogen-bond donors (Lipinski definition) is 1. The fourth-order valence-corrected chi connectivity index (χ4v) is 1.64. The molecule has 0 fully saturated rings. The highest BCUT2D eigenvalue weighted by Gasteiger charge is 2.46. The maximum Gasteiger partial charge on any atom is 0.327 e. The van der Waals surface area contributed by atoms with Gasteiger partial charge in [0.2, 0.25) is 0 Å². The molecular formula is C13H16FNO4. The lowest BCUT2D eigenvalue weighted by atomic mass is 9.82. The third-order valence-corrected chi connectivity index (χ3v) is 2.86. The van der Waals surface area contributed by atoms with Gasteiger partial charge in [0.1, 0.15) is 5.82 Å². The molecule has 2 N–H and O–H groups in total. The number of nitrogen functional groups attached to an aromatic ring is 1. The van der Waals surface area contributed by atoms with Crippen molar-refractivity contribution in [1.29, 1.82) is 0 Å². The van der Waals surface area contributed by atoms with Gasteiger partial charge in [-0.2, -0.15) is 0 Å². The van der Waals surface area contributed by atoms with Gasteiger partial charge in [0.25, 0.3) is 0 Å². The Labute approximate surface area is 110 Å². The van der Waals surface area contributed by atoms with Crippen molar-refractivity contribution >= 4 is 17.6 Å². The summed E-state index contributed by atoms with van der Waals surface area (Å²) in [6.45, 7) is 3.03. The standard InChI is InChI=1S/C13H16FNO4/c1-4-19-12(17)13(2,11(16)18-3)8-5-6-10(15)9(14)7-8/h5-7H,4,15H2,1-3H3. The zero-order chi connectivity index (χ0) is 14.6. The van der Waals surface area contributed by atoms with Gasteiger partial charge >= 0.3 is 11.9 Å². The van der Waals surface area contributed by atoms with Crippen LogP contribution in [0.3, 0.4) is 0 Å². The number of esters is 2. The molecule has 0 spiro atoms. The normalized spacial score (nSPS) is 13.5. The summed E-state index contributed by atoms with van der Waals surface area (Å²) < 4.78 is 23.0. The number of carbonyl (C=O) groups is 2. The number of ether oxygens (including phenoxy) is 2. The van der Waals surface area contributed by atoms with Crippen LogP contribution in [0.15, 0.2) is 18.2 Å². The van der Waals surface area contributed by atoms with Crippen LogP contribution in [0, 0.1) is 5.82 Å². The van der Waals surface area contributed by atoms with E-state index in [1.807, 2.05) is 0 Å². The minimum absolute atomic E-state index is 0.0696. The first-order valence-corrected chi connectivity index (χ1v) is 5.69.